The number of carbonyl (C=O) groups excluding carboxylic acids is 2. The standard InChI is InChI=1S/C35H40FN5O5Si/c1-23-32(47(3,4)36)31(15-17-40-22-27(16-18-42)38-39-40)46-35(23)29-20-28(45-2)13-14-30(29)41(34(35)44)21-24-9-8-12-26(19-24)37-33(43)25-10-6-5-7-11-25/h5-14,19-20,22-23,31-32,42H,15-18,21H2,1-4H3,(H,37,43)/t23-,31+,32-,35+/m0/s1. The minimum absolute atomic E-state index is 0.0255. The lowest BCUT2D eigenvalue weighted by Gasteiger charge is -2.31. The van der Waals surface area contributed by atoms with Gasteiger partial charge in [-0.3, -0.25) is 14.3 Å². The number of hydrogen-bond acceptors (Lipinski definition) is 7. The van der Waals surface area contributed by atoms with Gasteiger partial charge in [-0.1, -0.05) is 42.5 Å². The van der Waals surface area contributed by atoms with E-state index < -0.39 is 31.6 Å². The number of benzene rings is 3. The molecule has 246 valence electrons. The van der Waals surface area contributed by atoms with Gasteiger partial charge in [-0.05, 0) is 67.5 Å². The molecule has 10 nitrogen and oxygen atoms in total. The molecule has 1 spiro atoms. The van der Waals surface area contributed by atoms with Gasteiger partial charge in [0.2, 0.25) is 8.41 Å². The first-order valence-corrected chi connectivity index (χ1v) is 18.8. The molecule has 12 heteroatoms. The Kier molecular flexibility index (Phi) is 9.01. The van der Waals surface area contributed by atoms with E-state index in [4.69, 9.17) is 9.47 Å². The zero-order chi connectivity index (χ0) is 33.3. The summed E-state index contributed by atoms with van der Waals surface area (Å²) in [4.78, 5) is 29.3. The zero-order valence-corrected chi connectivity index (χ0v) is 28.0. The summed E-state index contributed by atoms with van der Waals surface area (Å²) in [7, 11) is -1.78. The molecular weight excluding hydrogens is 617 g/mol. The number of aromatic nitrogens is 3. The number of halogens is 1. The van der Waals surface area contributed by atoms with Gasteiger partial charge < -0.3 is 28.9 Å². The van der Waals surface area contributed by atoms with Crippen LogP contribution in [0.3, 0.4) is 0 Å². The van der Waals surface area contributed by atoms with Gasteiger partial charge in [-0.2, -0.15) is 0 Å². The molecule has 1 aromatic heterocycles. The van der Waals surface area contributed by atoms with Crippen LogP contribution in [0.25, 0.3) is 0 Å². The van der Waals surface area contributed by atoms with Crippen LogP contribution < -0.4 is 15.0 Å². The number of nitrogens with zero attached hydrogens (tertiary/aromatic N) is 4. The average Bonchev–Trinajstić information content (AvgIpc) is 3.70. The highest BCUT2D eigenvalue weighted by Crippen LogP contribution is 2.60. The van der Waals surface area contributed by atoms with Crippen LogP contribution in [0.2, 0.25) is 18.6 Å². The molecule has 0 radical (unpaired) electrons. The lowest BCUT2D eigenvalue weighted by molar-refractivity contribution is -0.146. The van der Waals surface area contributed by atoms with E-state index in [1.807, 2.05) is 67.6 Å². The van der Waals surface area contributed by atoms with Gasteiger partial charge >= 0.3 is 0 Å². The molecular formula is C35H40FN5O5Si. The second-order valence-electron chi connectivity index (χ2n) is 12.8. The van der Waals surface area contributed by atoms with Crippen molar-refractivity contribution >= 4 is 31.6 Å². The third-order valence-electron chi connectivity index (χ3n) is 9.33. The summed E-state index contributed by atoms with van der Waals surface area (Å²) < 4.78 is 30.3. The highest BCUT2D eigenvalue weighted by molar-refractivity contribution is 6.72. The molecule has 4 atom stereocenters. The van der Waals surface area contributed by atoms with Crippen molar-refractivity contribution in [1.29, 1.82) is 0 Å². The number of nitrogens with one attached hydrogen (secondary N) is 1. The molecule has 0 saturated carbocycles. The van der Waals surface area contributed by atoms with E-state index in [0.717, 1.165) is 5.56 Å². The van der Waals surface area contributed by atoms with Crippen LogP contribution in [0, 0.1) is 5.92 Å². The van der Waals surface area contributed by atoms with Crippen molar-refractivity contribution in [3.05, 3.63) is 101 Å². The molecule has 3 heterocycles. The van der Waals surface area contributed by atoms with Crippen molar-refractivity contribution in [2.75, 3.05) is 23.9 Å². The Morgan fingerprint density at radius 2 is 1.91 bits per heavy atom. The van der Waals surface area contributed by atoms with Crippen molar-refractivity contribution in [3.8, 4) is 5.75 Å². The first-order valence-electron chi connectivity index (χ1n) is 15.9. The van der Waals surface area contributed by atoms with Crippen LogP contribution >= 0.6 is 0 Å². The number of rotatable bonds is 11. The fraction of sp³-hybridized carbons (Fsp3) is 0.371. The number of amides is 2. The maximum Gasteiger partial charge on any atom is 0.264 e. The Morgan fingerprint density at radius 3 is 2.64 bits per heavy atom. The Morgan fingerprint density at radius 1 is 1.13 bits per heavy atom. The van der Waals surface area contributed by atoms with Gasteiger partial charge in [0, 0.05) is 54.0 Å². The van der Waals surface area contributed by atoms with Crippen LogP contribution in [0.15, 0.2) is 79.0 Å². The van der Waals surface area contributed by atoms with Gasteiger partial charge in [0.15, 0.2) is 5.60 Å². The topological polar surface area (TPSA) is 119 Å². The molecule has 2 amide bonds. The van der Waals surface area contributed by atoms with E-state index >= 15 is 4.11 Å². The molecule has 2 N–H and O–H groups in total. The van der Waals surface area contributed by atoms with Gasteiger partial charge in [-0.15, -0.1) is 5.10 Å². The minimum Gasteiger partial charge on any atom is -0.497 e. The van der Waals surface area contributed by atoms with E-state index in [2.05, 4.69) is 15.6 Å². The number of ether oxygens (including phenoxy) is 2. The molecule has 0 aliphatic carbocycles. The summed E-state index contributed by atoms with van der Waals surface area (Å²) >= 11 is 0. The van der Waals surface area contributed by atoms with E-state index in [9.17, 15) is 14.7 Å². The number of fused-ring (bicyclic) bond motifs is 2. The third kappa shape index (κ3) is 6.20. The summed E-state index contributed by atoms with van der Waals surface area (Å²) in [6, 6.07) is 21.9. The van der Waals surface area contributed by atoms with E-state index in [1.165, 1.54) is 0 Å². The fourth-order valence-corrected chi connectivity index (χ4v) is 9.78. The Bertz CT molecular complexity index is 1760. The molecule has 4 aromatic rings. The summed E-state index contributed by atoms with van der Waals surface area (Å²) in [6.07, 6.45) is 2.07. The van der Waals surface area contributed by atoms with Crippen LogP contribution in [0.5, 0.6) is 5.75 Å². The van der Waals surface area contributed by atoms with Crippen molar-refractivity contribution in [1.82, 2.24) is 15.0 Å². The molecule has 3 aromatic carbocycles. The molecule has 1 fully saturated rings. The predicted molar refractivity (Wildman–Crippen MR) is 179 cm³/mol. The largest absolute Gasteiger partial charge is 0.497 e. The van der Waals surface area contributed by atoms with Gasteiger partial charge in [0.25, 0.3) is 11.8 Å². The SMILES string of the molecule is COc1ccc2c(c1)[C@@]1(O[C@H](CCn3cc(CCO)nn3)[C@@H]([Si](C)(C)F)[C@@H]1C)C(=O)N2Cc1cccc(NC(=O)c2ccccc2)c1. The molecule has 6 rings (SSSR count). The first kappa shape index (κ1) is 32.5. The average molecular weight is 658 g/mol. The Labute approximate surface area is 274 Å². The Balaban J connectivity index is 1.31. The molecule has 2 aliphatic heterocycles. The minimum atomic E-state index is -3.36. The third-order valence-corrected chi connectivity index (χ3v) is 11.8. The summed E-state index contributed by atoms with van der Waals surface area (Å²) in [5.74, 6) is -0.353. The molecule has 2 aliphatic rings. The number of carbonyl (C=O) groups is 2. The van der Waals surface area contributed by atoms with Crippen LogP contribution in [-0.4, -0.2) is 60.1 Å². The van der Waals surface area contributed by atoms with Crippen molar-refractivity contribution in [2.24, 2.45) is 5.92 Å². The number of methoxy groups -OCH3 is 1. The maximum atomic E-state index is 16.2. The van der Waals surface area contributed by atoms with Crippen molar-refractivity contribution in [3.63, 3.8) is 0 Å². The maximum absolute atomic E-state index is 16.2. The number of hydrogen-bond donors (Lipinski definition) is 2. The van der Waals surface area contributed by atoms with Crippen LogP contribution in [-0.2, 0) is 34.6 Å². The van der Waals surface area contributed by atoms with Crippen molar-refractivity contribution < 1.29 is 28.3 Å². The van der Waals surface area contributed by atoms with Gasteiger partial charge in [-0.25, -0.2) is 0 Å². The van der Waals surface area contributed by atoms with E-state index in [0.29, 0.717) is 53.3 Å². The first-order chi connectivity index (χ1) is 22.5. The highest BCUT2D eigenvalue weighted by Gasteiger charge is 2.66. The normalized spacial score (nSPS) is 22.1. The number of anilines is 2. The monoisotopic (exact) mass is 657 g/mol. The molecule has 47 heavy (non-hydrogen) atoms. The smallest absolute Gasteiger partial charge is 0.264 e. The van der Waals surface area contributed by atoms with Crippen LogP contribution in [0.4, 0.5) is 15.5 Å². The zero-order valence-electron chi connectivity index (χ0n) is 27.0. The molecule has 0 bridgehead atoms. The lowest BCUT2D eigenvalue weighted by atomic mass is 9.82. The molecule has 1 saturated heterocycles. The lowest BCUT2D eigenvalue weighted by Crippen LogP contribution is -2.45. The van der Waals surface area contributed by atoms with Gasteiger partial charge in [0.1, 0.15) is 5.75 Å². The summed E-state index contributed by atoms with van der Waals surface area (Å²) in [5, 5.41) is 20.5. The quantitative estimate of drug-likeness (QED) is 0.162. The number of aryl methyl sites for hydroxylation is 1. The van der Waals surface area contributed by atoms with E-state index in [-0.39, 0.29) is 25.0 Å². The predicted octanol–water partition coefficient (Wildman–Crippen LogP) is 5.49. The van der Waals surface area contributed by atoms with E-state index in [1.54, 1.807) is 48.1 Å². The van der Waals surface area contributed by atoms with Crippen LogP contribution in [0.1, 0.15) is 40.5 Å². The Hall–Kier alpha value is -4.39. The second kappa shape index (κ2) is 13.0. The van der Waals surface area contributed by atoms with Crippen molar-refractivity contribution in [2.45, 2.75) is 63.2 Å². The summed E-state index contributed by atoms with van der Waals surface area (Å²) in [6.45, 7) is 5.91. The number of aliphatic hydroxyl groups excluding tert-OH is 1. The second-order valence-corrected chi connectivity index (χ2v) is 16.6. The fourth-order valence-electron chi connectivity index (χ4n) is 7.24. The van der Waals surface area contributed by atoms with Gasteiger partial charge in [0.05, 0.1) is 31.1 Å². The highest BCUT2D eigenvalue weighted by atomic mass is 28.4. The number of aliphatic hydroxyl groups is 1. The molecule has 0 unspecified atom stereocenters. The summed E-state index contributed by atoms with van der Waals surface area (Å²) in [5.41, 5.74) is 2.12.